The molecule has 1 N–H and O–H groups in total. The van der Waals surface area contributed by atoms with Gasteiger partial charge in [-0.05, 0) is 42.0 Å². The Bertz CT molecular complexity index is 569. The topological polar surface area (TPSA) is 49.8 Å². The van der Waals surface area contributed by atoms with Gasteiger partial charge < -0.3 is 14.7 Å². The quantitative estimate of drug-likeness (QED) is 0.902. The number of rotatable bonds is 3. The monoisotopic (exact) mass is 323 g/mol. The van der Waals surface area contributed by atoms with Crippen LogP contribution in [0.1, 0.15) is 49.1 Å². The third-order valence-electron chi connectivity index (χ3n) is 4.74. The first-order valence-electron chi connectivity index (χ1n) is 7.97. The predicted octanol–water partition coefficient (Wildman–Crippen LogP) is 4.30. The summed E-state index contributed by atoms with van der Waals surface area (Å²) in [5.41, 5.74) is 2.35. The van der Waals surface area contributed by atoms with Gasteiger partial charge in [-0.15, -0.1) is 0 Å². The Balaban J connectivity index is 1.80. The van der Waals surface area contributed by atoms with E-state index in [1.165, 1.54) is 42.6 Å². The molecule has 1 fully saturated rings. The molecule has 5 heteroatoms. The third kappa shape index (κ3) is 3.17. The van der Waals surface area contributed by atoms with Gasteiger partial charge in [0, 0.05) is 18.5 Å². The fraction of sp³-hybridized carbons (Fsp3) is 0.588. The second-order valence-corrected chi connectivity index (χ2v) is 6.86. The Morgan fingerprint density at radius 1 is 1.36 bits per heavy atom. The zero-order valence-corrected chi connectivity index (χ0v) is 13.6. The minimum atomic E-state index is -0.926. The van der Waals surface area contributed by atoms with E-state index in [0.29, 0.717) is 12.5 Å². The van der Waals surface area contributed by atoms with Crippen LogP contribution in [0.25, 0.3) is 0 Å². The van der Waals surface area contributed by atoms with Gasteiger partial charge in [0.15, 0.2) is 0 Å². The summed E-state index contributed by atoms with van der Waals surface area (Å²) in [5, 5.41) is 9.77. The van der Waals surface area contributed by atoms with E-state index in [0.717, 1.165) is 22.8 Å². The SMILES string of the molecule is CN(CC1Cc2cc(Cl)cc(C3CCCCC3)c2O1)C(=O)O. The van der Waals surface area contributed by atoms with Gasteiger partial charge in [0.25, 0.3) is 0 Å². The second-order valence-electron chi connectivity index (χ2n) is 6.43. The van der Waals surface area contributed by atoms with Gasteiger partial charge in [0.05, 0.1) is 6.54 Å². The van der Waals surface area contributed by atoms with Gasteiger partial charge in [-0.2, -0.15) is 0 Å². The smallest absolute Gasteiger partial charge is 0.407 e. The normalized spacial score (nSPS) is 21.3. The maximum absolute atomic E-state index is 11.0. The number of hydrogen-bond acceptors (Lipinski definition) is 2. The molecular weight excluding hydrogens is 302 g/mol. The molecule has 2 aliphatic rings. The van der Waals surface area contributed by atoms with Gasteiger partial charge in [-0.1, -0.05) is 30.9 Å². The van der Waals surface area contributed by atoms with Gasteiger partial charge >= 0.3 is 6.09 Å². The van der Waals surface area contributed by atoms with Crippen molar-refractivity contribution >= 4 is 17.7 Å². The summed E-state index contributed by atoms with van der Waals surface area (Å²) in [6.07, 6.45) is 5.90. The average Bonchev–Trinajstić information content (AvgIpc) is 2.89. The molecule has 1 unspecified atom stereocenters. The van der Waals surface area contributed by atoms with Crippen molar-refractivity contribution in [3.63, 3.8) is 0 Å². The maximum Gasteiger partial charge on any atom is 0.407 e. The molecular formula is C17H22ClNO3. The molecule has 0 radical (unpaired) electrons. The largest absolute Gasteiger partial charge is 0.488 e. The van der Waals surface area contributed by atoms with Crippen LogP contribution >= 0.6 is 11.6 Å². The van der Waals surface area contributed by atoms with Gasteiger partial charge in [-0.25, -0.2) is 4.79 Å². The molecule has 1 aliphatic heterocycles. The Morgan fingerprint density at radius 3 is 2.77 bits per heavy atom. The molecule has 120 valence electrons. The molecule has 1 atom stereocenters. The highest BCUT2D eigenvalue weighted by molar-refractivity contribution is 6.30. The first kappa shape index (κ1) is 15.5. The zero-order chi connectivity index (χ0) is 15.7. The van der Waals surface area contributed by atoms with Gasteiger partial charge in [0.1, 0.15) is 11.9 Å². The summed E-state index contributed by atoms with van der Waals surface area (Å²) < 4.78 is 6.10. The number of ether oxygens (including phenoxy) is 1. The zero-order valence-electron chi connectivity index (χ0n) is 12.8. The summed E-state index contributed by atoms with van der Waals surface area (Å²) >= 11 is 6.29. The van der Waals surface area contributed by atoms with Crippen LogP contribution in [0.2, 0.25) is 5.02 Å². The highest BCUT2D eigenvalue weighted by atomic mass is 35.5. The lowest BCUT2D eigenvalue weighted by Gasteiger charge is -2.24. The van der Waals surface area contributed by atoms with Gasteiger partial charge in [0.2, 0.25) is 0 Å². The van der Waals surface area contributed by atoms with E-state index in [-0.39, 0.29) is 6.10 Å². The van der Waals surface area contributed by atoms with Crippen LogP contribution < -0.4 is 4.74 Å². The number of benzene rings is 1. The summed E-state index contributed by atoms with van der Waals surface area (Å²) in [4.78, 5) is 12.3. The van der Waals surface area contributed by atoms with E-state index in [9.17, 15) is 4.79 Å². The van der Waals surface area contributed by atoms with Crippen molar-refractivity contribution in [1.29, 1.82) is 0 Å². The molecule has 0 bridgehead atoms. The van der Waals surface area contributed by atoms with E-state index >= 15 is 0 Å². The second kappa shape index (κ2) is 6.37. The van der Waals surface area contributed by atoms with Crippen LogP contribution in [-0.4, -0.2) is 35.8 Å². The third-order valence-corrected chi connectivity index (χ3v) is 4.96. The van der Waals surface area contributed by atoms with Crippen LogP contribution in [0, 0.1) is 0 Å². The van der Waals surface area contributed by atoms with E-state index < -0.39 is 6.09 Å². The standard InChI is InChI=1S/C17H22ClNO3/c1-19(17(20)21)10-14-8-12-7-13(18)9-15(16(12)22-14)11-5-3-2-4-6-11/h7,9,11,14H,2-6,8,10H2,1H3,(H,20,21). The highest BCUT2D eigenvalue weighted by Crippen LogP contribution is 2.43. The molecule has 4 nitrogen and oxygen atoms in total. The Labute approximate surface area is 136 Å². The number of hydrogen-bond donors (Lipinski definition) is 1. The Morgan fingerprint density at radius 2 is 2.09 bits per heavy atom. The summed E-state index contributed by atoms with van der Waals surface area (Å²) in [5.74, 6) is 1.48. The van der Waals surface area contributed by atoms with Crippen molar-refractivity contribution in [3.05, 3.63) is 28.3 Å². The Kier molecular flexibility index (Phi) is 4.48. The van der Waals surface area contributed by atoms with Crippen LogP contribution in [0.4, 0.5) is 4.79 Å². The minimum Gasteiger partial charge on any atom is -0.488 e. The molecule has 22 heavy (non-hydrogen) atoms. The number of carboxylic acid groups (broad SMARTS) is 1. The average molecular weight is 324 g/mol. The van der Waals surface area contributed by atoms with E-state index in [1.54, 1.807) is 7.05 Å². The lowest BCUT2D eigenvalue weighted by Crippen LogP contribution is -2.35. The van der Waals surface area contributed by atoms with Crippen molar-refractivity contribution in [3.8, 4) is 5.75 Å². The molecule has 1 amide bonds. The molecule has 0 saturated heterocycles. The molecule has 3 rings (SSSR count). The molecule has 1 aromatic rings. The summed E-state index contributed by atoms with van der Waals surface area (Å²) in [7, 11) is 1.57. The lowest BCUT2D eigenvalue weighted by atomic mass is 9.83. The maximum atomic E-state index is 11.0. The van der Waals surface area contributed by atoms with E-state index in [2.05, 4.69) is 0 Å². The first-order valence-corrected chi connectivity index (χ1v) is 8.35. The van der Waals surface area contributed by atoms with Crippen molar-refractivity contribution in [2.45, 2.75) is 50.5 Å². The lowest BCUT2D eigenvalue weighted by molar-refractivity contribution is 0.128. The number of fused-ring (bicyclic) bond motifs is 1. The van der Waals surface area contributed by atoms with Crippen LogP contribution in [0.3, 0.4) is 0 Å². The van der Waals surface area contributed by atoms with E-state index in [1.807, 2.05) is 12.1 Å². The fourth-order valence-electron chi connectivity index (χ4n) is 3.62. The molecule has 1 heterocycles. The number of carbonyl (C=O) groups is 1. The first-order chi connectivity index (χ1) is 10.5. The van der Waals surface area contributed by atoms with Crippen LogP contribution in [0.15, 0.2) is 12.1 Å². The van der Waals surface area contributed by atoms with Crippen molar-refractivity contribution in [2.75, 3.05) is 13.6 Å². The van der Waals surface area contributed by atoms with Crippen LogP contribution in [-0.2, 0) is 6.42 Å². The van der Waals surface area contributed by atoms with Crippen LogP contribution in [0.5, 0.6) is 5.75 Å². The number of amides is 1. The number of halogens is 1. The van der Waals surface area contributed by atoms with Gasteiger partial charge in [-0.3, -0.25) is 0 Å². The van der Waals surface area contributed by atoms with E-state index in [4.69, 9.17) is 21.4 Å². The highest BCUT2D eigenvalue weighted by Gasteiger charge is 2.30. The number of likely N-dealkylation sites (N-methyl/N-ethyl adjacent to an activating group) is 1. The molecule has 0 spiro atoms. The molecule has 1 aliphatic carbocycles. The molecule has 1 aromatic carbocycles. The minimum absolute atomic E-state index is 0.114. The van der Waals surface area contributed by atoms with Crippen molar-refractivity contribution in [2.24, 2.45) is 0 Å². The summed E-state index contributed by atoms with van der Waals surface area (Å²) in [6.45, 7) is 0.381. The molecule has 0 aromatic heterocycles. The van der Waals surface area contributed by atoms with Crippen molar-refractivity contribution in [1.82, 2.24) is 4.90 Å². The fourth-order valence-corrected chi connectivity index (χ4v) is 3.87. The summed E-state index contributed by atoms with van der Waals surface area (Å²) in [6, 6.07) is 4.00. The molecule has 1 saturated carbocycles. The number of nitrogens with zero attached hydrogens (tertiary/aromatic N) is 1. The van der Waals surface area contributed by atoms with Crippen molar-refractivity contribution < 1.29 is 14.6 Å². The Hall–Kier alpha value is -1.42. The predicted molar refractivity (Wildman–Crippen MR) is 86.1 cm³/mol.